The van der Waals surface area contributed by atoms with Gasteiger partial charge in [-0.2, -0.15) is 0 Å². The number of hydrogen-bond donors (Lipinski definition) is 1. The van der Waals surface area contributed by atoms with E-state index in [1.54, 1.807) is 0 Å². The summed E-state index contributed by atoms with van der Waals surface area (Å²) in [5.41, 5.74) is -0.891. The highest BCUT2D eigenvalue weighted by atomic mass is 31.2. The van der Waals surface area contributed by atoms with Crippen molar-refractivity contribution in [2.24, 2.45) is 0 Å². The fraction of sp³-hybridized carbons (Fsp3) is 1.00. The smallest absolute Gasteiger partial charge is 0.302 e. The van der Waals surface area contributed by atoms with E-state index in [-0.39, 0.29) is 0 Å². The Kier molecular flexibility index (Phi) is 8.46. The molecule has 0 aromatic carbocycles. The summed E-state index contributed by atoms with van der Waals surface area (Å²) in [6.07, 6.45) is 16.3. The molecule has 0 radical (unpaired) electrons. The monoisotopic (exact) mass is 374 g/mol. The van der Waals surface area contributed by atoms with Gasteiger partial charge in [-0.15, -0.1) is 0 Å². The molecule has 148 valence electrons. The van der Waals surface area contributed by atoms with Crippen LogP contribution in [0.15, 0.2) is 0 Å². The minimum Gasteiger partial charge on any atom is -0.302 e. The zero-order valence-electron chi connectivity index (χ0n) is 16.4. The lowest BCUT2D eigenvalue weighted by atomic mass is 9.81. The molecule has 0 aromatic rings. The first-order valence-electron chi connectivity index (χ1n) is 10.7. The molecule has 0 aromatic heterocycles. The summed E-state index contributed by atoms with van der Waals surface area (Å²) < 4.78 is 24.9. The Morgan fingerprint density at radius 1 is 0.760 bits per heavy atom. The van der Waals surface area contributed by atoms with E-state index in [2.05, 4.69) is 13.8 Å². The maximum Gasteiger partial charge on any atom is 0.473 e. The predicted octanol–water partition coefficient (Wildman–Crippen LogP) is 6.91. The number of phosphoric ester groups is 1. The van der Waals surface area contributed by atoms with Crippen molar-refractivity contribution in [2.45, 2.75) is 128 Å². The van der Waals surface area contributed by atoms with Crippen molar-refractivity contribution < 1.29 is 18.5 Å². The van der Waals surface area contributed by atoms with E-state index in [1.165, 1.54) is 12.8 Å². The van der Waals surface area contributed by atoms with E-state index in [0.29, 0.717) is 0 Å². The molecule has 0 bridgehead atoms. The molecule has 0 atom stereocenters. The molecule has 2 saturated carbocycles. The first-order chi connectivity index (χ1) is 11.9. The first-order valence-corrected chi connectivity index (χ1v) is 12.2. The second-order valence-corrected chi connectivity index (χ2v) is 9.65. The van der Waals surface area contributed by atoms with Crippen molar-refractivity contribution in [3.63, 3.8) is 0 Å². The summed E-state index contributed by atoms with van der Waals surface area (Å²) in [7, 11) is -4.04. The minimum absolute atomic E-state index is 0.445. The number of hydrogen-bond acceptors (Lipinski definition) is 3. The van der Waals surface area contributed by atoms with Crippen LogP contribution in [0.4, 0.5) is 0 Å². The van der Waals surface area contributed by atoms with Crippen molar-refractivity contribution in [1.82, 2.24) is 0 Å². The van der Waals surface area contributed by atoms with Crippen LogP contribution in [0.1, 0.15) is 117 Å². The molecule has 2 rings (SSSR count). The van der Waals surface area contributed by atoms with Crippen LogP contribution in [0.2, 0.25) is 0 Å². The van der Waals surface area contributed by atoms with Gasteiger partial charge in [0.15, 0.2) is 0 Å². The van der Waals surface area contributed by atoms with Crippen LogP contribution in [-0.4, -0.2) is 16.1 Å². The SMILES string of the molecule is CCCCC1(OP(=O)(O)OC2(CCCC)CCCCC2)CCCCC1. The van der Waals surface area contributed by atoms with Crippen LogP contribution in [0, 0.1) is 0 Å². The molecule has 2 aliphatic rings. The van der Waals surface area contributed by atoms with Gasteiger partial charge in [-0.25, -0.2) is 4.57 Å². The van der Waals surface area contributed by atoms with Crippen molar-refractivity contribution in [3.8, 4) is 0 Å². The third-order valence-electron chi connectivity index (χ3n) is 6.12. The molecule has 25 heavy (non-hydrogen) atoms. The molecule has 0 spiro atoms. The van der Waals surface area contributed by atoms with Gasteiger partial charge in [0.25, 0.3) is 0 Å². The number of unbranched alkanes of at least 4 members (excludes halogenated alkanes) is 2. The van der Waals surface area contributed by atoms with Gasteiger partial charge in [-0.3, -0.25) is 9.05 Å². The predicted molar refractivity (Wildman–Crippen MR) is 103 cm³/mol. The molecule has 0 amide bonds. The molecule has 0 aliphatic heterocycles. The van der Waals surface area contributed by atoms with Gasteiger partial charge >= 0.3 is 7.82 Å². The van der Waals surface area contributed by atoms with E-state index >= 15 is 0 Å². The van der Waals surface area contributed by atoms with Crippen molar-refractivity contribution >= 4 is 7.82 Å². The van der Waals surface area contributed by atoms with E-state index in [1.807, 2.05) is 0 Å². The quantitative estimate of drug-likeness (QED) is 0.422. The third kappa shape index (κ3) is 6.65. The van der Waals surface area contributed by atoms with Crippen molar-refractivity contribution in [1.29, 1.82) is 0 Å². The van der Waals surface area contributed by atoms with Crippen molar-refractivity contribution in [2.75, 3.05) is 0 Å². The molecule has 0 unspecified atom stereocenters. The zero-order chi connectivity index (χ0) is 18.2. The lowest BCUT2D eigenvalue weighted by Gasteiger charge is -2.42. The fourth-order valence-corrected chi connectivity index (χ4v) is 6.24. The Hall–Kier alpha value is 0.110. The van der Waals surface area contributed by atoms with Gasteiger partial charge in [0.05, 0.1) is 11.2 Å². The maximum atomic E-state index is 13.0. The molecule has 0 saturated heterocycles. The Bertz CT molecular complexity index is 389. The normalized spacial score (nSPS) is 23.5. The number of phosphoric acid groups is 1. The summed E-state index contributed by atoms with van der Waals surface area (Å²) in [4.78, 5) is 10.7. The van der Waals surface area contributed by atoms with Crippen LogP contribution in [0.5, 0.6) is 0 Å². The zero-order valence-corrected chi connectivity index (χ0v) is 17.3. The van der Waals surface area contributed by atoms with Gasteiger partial charge in [-0.05, 0) is 38.5 Å². The van der Waals surface area contributed by atoms with E-state index in [4.69, 9.17) is 9.05 Å². The van der Waals surface area contributed by atoms with E-state index < -0.39 is 19.0 Å². The minimum atomic E-state index is -4.04. The topological polar surface area (TPSA) is 55.8 Å². The van der Waals surface area contributed by atoms with Gasteiger partial charge in [-0.1, -0.05) is 78.1 Å². The average molecular weight is 375 g/mol. The summed E-state index contributed by atoms with van der Waals surface area (Å²) in [5.74, 6) is 0. The van der Waals surface area contributed by atoms with Gasteiger partial charge in [0.2, 0.25) is 0 Å². The van der Waals surface area contributed by atoms with Crippen LogP contribution < -0.4 is 0 Å². The molecule has 2 aliphatic carbocycles. The van der Waals surface area contributed by atoms with Crippen LogP contribution in [0.25, 0.3) is 0 Å². The highest BCUT2D eigenvalue weighted by Crippen LogP contribution is 2.57. The van der Waals surface area contributed by atoms with E-state index in [0.717, 1.165) is 89.9 Å². The molecule has 1 N–H and O–H groups in total. The molecular formula is C20H39O4P. The van der Waals surface area contributed by atoms with Gasteiger partial charge < -0.3 is 4.89 Å². The summed E-state index contributed by atoms with van der Waals surface area (Å²) in [6.45, 7) is 4.32. The lowest BCUT2D eigenvalue weighted by molar-refractivity contribution is -0.0589. The lowest BCUT2D eigenvalue weighted by Crippen LogP contribution is -2.38. The Labute approximate surface area is 154 Å². The van der Waals surface area contributed by atoms with Crippen LogP contribution >= 0.6 is 7.82 Å². The Morgan fingerprint density at radius 2 is 1.12 bits per heavy atom. The average Bonchev–Trinajstić information content (AvgIpc) is 2.59. The molecule has 5 heteroatoms. The summed E-state index contributed by atoms with van der Waals surface area (Å²) in [6, 6.07) is 0. The maximum absolute atomic E-state index is 13.0. The second-order valence-electron chi connectivity index (χ2n) is 8.35. The largest absolute Gasteiger partial charge is 0.473 e. The standard InChI is InChI=1S/C20H39O4P/c1-3-5-13-19(15-9-7-10-16-19)23-25(21,22)24-20(14-6-4-2)17-11-8-12-18-20/h3-18H2,1-2H3,(H,21,22). The Balaban J connectivity index is 2.07. The highest BCUT2D eigenvalue weighted by Gasteiger charge is 2.45. The first kappa shape index (κ1) is 21.4. The molecule has 4 nitrogen and oxygen atoms in total. The highest BCUT2D eigenvalue weighted by molar-refractivity contribution is 7.47. The van der Waals surface area contributed by atoms with Crippen molar-refractivity contribution in [3.05, 3.63) is 0 Å². The van der Waals surface area contributed by atoms with Crippen LogP contribution in [-0.2, 0) is 13.6 Å². The molecule has 2 fully saturated rings. The van der Waals surface area contributed by atoms with Gasteiger partial charge in [0.1, 0.15) is 0 Å². The Morgan fingerprint density at radius 3 is 1.44 bits per heavy atom. The van der Waals surface area contributed by atoms with Crippen LogP contribution in [0.3, 0.4) is 0 Å². The third-order valence-corrected chi connectivity index (χ3v) is 7.36. The number of rotatable bonds is 10. The second kappa shape index (κ2) is 9.88. The molecular weight excluding hydrogens is 335 g/mol. The summed E-state index contributed by atoms with van der Waals surface area (Å²) >= 11 is 0. The molecule has 0 heterocycles. The van der Waals surface area contributed by atoms with E-state index in [9.17, 15) is 9.46 Å². The summed E-state index contributed by atoms with van der Waals surface area (Å²) in [5, 5.41) is 0. The van der Waals surface area contributed by atoms with Gasteiger partial charge in [0, 0.05) is 0 Å². The fourth-order valence-electron chi connectivity index (χ4n) is 4.67.